The molecule has 0 unspecified atom stereocenters. The molecule has 2 fully saturated rings. The maximum atomic E-state index is 12.2. The van der Waals surface area contributed by atoms with Crippen LogP contribution in [0.5, 0.6) is 0 Å². The Morgan fingerprint density at radius 1 is 0.733 bits per heavy atom. The van der Waals surface area contributed by atoms with Crippen LogP contribution in [0.25, 0.3) is 0 Å². The molecule has 6 nitrogen and oxygen atoms in total. The third-order valence-electron chi connectivity index (χ3n) is 6.21. The lowest BCUT2D eigenvalue weighted by Gasteiger charge is -2.36. The number of esters is 2. The Balaban J connectivity index is 1.54. The summed E-state index contributed by atoms with van der Waals surface area (Å²) in [5.74, 6) is 2.92. The first kappa shape index (κ1) is 25.8. The Labute approximate surface area is 190 Å². The van der Waals surface area contributed by atoms with Gasteiger partial charge in [0.2, 0.25) is 0 Å². The summed E-state index contributed by atoms with van der Waals surface area (Å²) >= 11 is 3.14. The fourth-order valence-corrected chi connectivity index (χ4v) is 5.96. The Kier molecular flexibility index (Phi) is 10.8. The predicted molar refractivity (Wildman–Crippen MR) is 126 cm³/mol. The van der Waals surface area contributed by atoms with Gasteiger partial charge in [-0.2, -0.15) is 0 Å². The van der Waals surface area contributed by atoms with Crippen molar-refractivity contribution in [2.45, 2.75) is 64.6 Å². The van der Waals surface area contributed by atoms with Gasteiger partial charge < -0.3 is 20.1 Å². The molecule has 2 N–H and O–H groups in total. The summed E-state index contributed by atoms with van der Waals surface area (Å²) in [6.07, 6.45) is 4.20. The molecular weight excluding hydrogens is 420 g/mol. The highest BCUT2D eigenvalue weighted by Gasteiger charge is 2.35. The van der Waals surface area contributed by atoms with Crippen LogP contribution in [0.15, 0.2) is 0 Å². The van der Waals surface area contributed by atoms with Gasteiger partial charge in [0.15, 0.2) is 0 Å². The van der Waals surface area contributed by atoms with Crippen molar-refractivity contribution < 1.29 is 19.1 Å². The standard InChI is InChI=1S/C22H40N2O4S2/c1-21(2,17-5-9-23-10-6-17)27-19(25)15-29-13-14-30-16-20(26)28-22(3,4)18-7-11-24-12-8-18/h17-18,23-24H,5-16H2,1-4H3. The molecule has 0 saturated carbocycles. The molecule has 2 rings (SSSR count). The highest BCUT2D eigenvalue weighted by molar-refractivity contribution is 8.03. The molecule has 0 aromatic carbocycles. The van der Waals surface area contributed by atoms with Crippen molar-refractivity contribution in [3.8, 4) is 0 Å². The average Bonchev–Trinajstić information content (AvgIpc) is 2.71. The largest absolute Gasteiger partial charge is 0.459 e. The number of thioether (sulfide) groups is 2. The number of carbonyl (C=O) groups is 2. The summed E-state index contributed by atoms with van der Waals surface area (Å²) < 4.78 is 11.5. The third-order valence-corrected chi connectivity index (χ3v) is 8.33. The van der Waals surface area contributed by atoms with E-state index in [1.165, 1.54) is 0 Å². The van der Waals surface area contributed by atoms with Gasteiger partial charge in [-0.15, -0.1) is 23.5 Å². The van der Waals surface area contributed by atoms with Crippen molar-refractivity contribution in [1.29, 1.82) is 0 Å². The molecule has 2 aliphatic rings. The van der Waals surface area contributed by atoms with Crippen LogP contribution in [0.2, 0.25) is 0 Å². The van der Waals surface area contributed by atoms with Crippen LogP contribution in [0.4, 0.5) is 0 Å². The summed E-state index contributed by atoms with van der Waals surface area (Å²) in [4.78, 5) is 24.4. The topological polar surface area (TPSA) is 76.7 Å². The zero-order valence-corrected chi connectivity index (χ0v) is 20.7. The molecule has 2 heterocycles. The van der Waals surface area contributed by atoms with Crippen LogP contribution in [-0.2, 0) is 19.1 Å². The normalized spacial score (nSPS) is 19.5. The molecule has 0 amide bonds. The Morgan fingerprint density at radius 3 is 1.40 bits per heavy atom. The van der Waals surface area contributed by atoms with Crippen LogP contribution in [0.1, 0.15) is 53.4 Å². The van der Waals surface area contributed by atoms with Gasteiger partial charge in [0.1, 0.15) is 11.2 Å². The molecule has 30 heavy (non-hydrogen) atoms. The van der Waals surface area contributed by atoms with E-state index >= 15 is 0 Å². The molecule has 0 bridgehead atoms. The van der Waals surface area contributed by atoms with Crippen molar-refractivity contribution in [3.05, 3.63) is 0 Å². The van der Waals surface area contributed by atoms with Gasteiger partial charge in [-0.05, 0) is 79.6 Å². The van der Waals surface area contributed by atoms with E-state index in [-0.39, 0.29) is 11.9 Å². The van der Waals surface area contributed by atoms with E-state index in [4.69, 9.17) is 9.47 Å². The lowest BCUT2D eigenvalue weighted by Crippen LogP contribution is -2.43. The quantitative estimate of drug-likeness (QED) is 0.360. The van der Waals surface area contributed by atoms with Gasteiger partial charge in [0.25, 0.3) is 0 Å². The van der Waals surface area contributed by atoms with Gasteiger partial charge in [-0.25, -0.2) is 0 Å². The fourth-order valence-electron chi connectivity index (χ4n) is 4.28. The minimum absolute atomic E-state index is 0.142. The first-order chi connectivity index (χ1) is 14.2. The zero-order chi connectivity index (χ0) is 22.0. The summed E-state index contributed by atoms with van der Waals surface area (Å²) in [5, 5.41) is 6.70. The van der Waals surface area contributed by atoms with Crippen LogP contribution in [0, 0.1) is 11.8 Å². The number of ether oxygens (including phenoxy) is 2. The second-order valence-corrected chi connectivity index (χ2v) is 11.5. The summed E-state index contributed by atoms with van der Waals surface area (Å²) in [5.41, 5.74) is -0.807. The molecule has 2 saturated heterocycles. The smallest absolute Gasteiger partial charge is 0.316 e. The molecule has 0 atom stereocenters. The lowest BCUT2D eigenvalue weighted by atomic mass is 9.83. The van der Waals surface area contributed by atoms with Crippen molar-refractivity contribution >= 4 is 35.5 Å². The second-order valence-electron chi connectivity index (χ2n) is 9.31. The van der Waals surface area contributed by atoms with Crippen molar-refractivity contribution in [2.24, 2.45) is 11.8 Å². The molecular formula is C22H40N2O4S2. The lowest BCUT2D eigenvalue weighted by molar-refractivity contribution is -0.160. The molecule has 0 aliphatic carbocycles. The van der Waals surface area contributed by atoms with Gasteiger partial charge in [0.05, 0.1) is 11.5 Å². The van der Waals surface area contributed by atoms with Crippen molar-refractivity contribution in [3.63, 3.8) is 0 Å². The van der Waals surface area contributed by atoms with E-state index in [0.29, 0.717) is 23.3 Å². The molecule has 0 spiro atoms. The van der Waals surface area contributed by atoms with Crippen LogP contribution >= 0.6 is 23.5 Å². The van der Waals surface area contributed by atoms with Crippen LogP contribution in [-0.4, -0.2) is 72.3 Å². The molecule has 174 valence electrons. The van der Waals surface area contributed by atoms with Gasteiger partial charge in [-0.1, -0.05) is 0 Å². The second kappa shape index (κ2) is 12.6. The third kappa shape index (κ3) is 8.97. The fraction of sp³-hybridized carbons (Fsp3) is 0.909. The average molecular weight is 461 g/mol. The minimum Gasteiger partial charge on any atom is -0.459 e. The van der Waals surface area contributed by atoms with E-state index in [2.05, 4.69) is 10.6 Å². The summed E-state index contributed by atoms with van der Waals surface area (Å²) in [6.45, 7) is 12.1. The number of piperidine rings is 2. The molecule has 2 aliphatic heterocycles. The van der Waals surface area contributed by atoms with E-state index < -0.39 is 11.2 Å². The first-order valence-corrected chi connectivity index (χ1v) is 13.5. The number of nitrogens with one attached hydrogen (secondary N) is 2. The zero-order valence-electron chi connectivity index (χ0n) is 19.1. The maximum Gasteiger partial charge on any atom is 0.316 e. The number of rotatable bonds is 11. The van der Waals surface area contributed by atoms with E-state index in [1.807, 2.05) is 27.7 Å². The number of hydrogen-bond acceptors (Lipinski definition) is 8. The Hall–Kier alpha value is -0.440. The molecule has 8 heteroatoms. The molecule has 0 aromatic rings. The van der Waals surface area contributed by atoms with E-state index in [0.717, 1.165) is 63.4 Å². The highest BCUT2D eigenvalue weighted by atomic mass is 32.2. The monoisotopic (exact) mass is 460 g/mol. The van der Waals surface area contributed by atoms with Crippen LogP contribution in [0.3, 0.4) is 0 Å². The van der Waals surface area contributed by atoms with Gasteiger partial charge in [0, 0.05) is 23.3 Å². The van der Waals surface area contributed by atoms with E-state index in [9.17, 15) is 9.59 Å². The Bertz CT molecular complexity index is 497. The summed E-state index contributed by atoms with van der Waals surface area (Å²) in [6, 6.07) is 0. The summed E-state index contributed by atoms with van der Waals surface area (Å²) in [7, 11) is 0. The molecule has 0 aromatic heterocycles. The minimum atomic E-state index is -0.403. The predicted octanol–water partition coefficient (Wildman–Crippen LogP) is 3.10. The molecule has 0 radical (unpaired) electrons. The van der Waals surface area contributed by atoms with E-state index in [1.54, 1.807) is 23.5 Å². The first-order valence-electron chi connectivity index (χ1n) is 11.2. The van der Waals surface area contributed by atoms with Gasteiger partial charge in [-0.3, -0.25) is 9.59 Å². The van der Waals surface area contributed by atoms with Crippen molar-refractivity contribution in [1.82, 2.24) is 10.6 Å². The number of carbonyl (C=O) groups excluding carboxylic acids is 2. The SMILES string of the molecule is CC(C)(OC(=O)CSCCSCC(=O)OC(C)(C)C1CCNCC1)C1CCNCC1. The van der Waals surface area contributed by atoms with Gasteiger partial charge >= 0.3 is 11.9 Å². The van der Waals surface area contributed by atoms with Crippen molar-refractivity contribution in [2.75, 3.05) is 49.2 Å². The Morgan fingerprint density at radius 2 is 1.07 bits per heavy atom. The highest BCUT2D eigenvalue weighted by Crippen LogP contribution is 2.30. The van der Waals surface area contributed by atoms with Crippen LogP contribution < -0.4 is 10.6 Å². The maximum absolute atomic E-state index is 12.2. The number of hydrogen-bond donors (Lipinski definition) is 2.